The van der Waals surface area contributed by atoms with Crippen LogP contribution in [0.3, 0.4) is 0 Å². The molecule has 1 unspecified atom stereocenters. The molecule has 1 aliphatic rings. The first-order valence-electron chi connectivity index (χ1n) is 8.00. The smallest absolute Gasteiger partial charge is 0.0681 e. The van der Waals surface area contributed by atoms with Gasteiger partial charge in [0, 0.05) is 12.5 Å². The summed E-state index contributed by atoms with van der Waals surface area (Å²) in [5.74, 6) is 0.332. The van der Waals surface area contributed by atoms with Crippen LogP contribution in [0.5, 0.6) is 0 Å². The summed E-state index contributed by atoms with van der Waals surface area (Å²) in [5, 5.41) is 9.21. The number of hydrogen-bond donors (Lipinski definition) is 1. The van der Waals surface area contributed by atoms with Gasteiger partial charge in [0.1, 0.15) is 0 Å². The van der Waals surface area contributed by atoms with E-state index in [4.69, 9.17) is 0 Å². The third-order valence-corrected chi connectivity index (χ3v) is 4.18. The third kappa shape index (κ3) is 3.61. The molecule has 0 spiro atoms. The minimum atomic E-state index is 0.0872. The zero-order valence-corrected chi connectivity index (χ0v) is 13.7. The van der Waals surface area contributed by atoms with Crippen molar-refractivity contribution in [2.75, 3.05) is 20.6 Å². The molecule has 0 saturated carbocycles. The van der Waals surface area contributed by atoms with Crippen LogP contribution in [0.2, 0.25) is 0 Å². The van der Waals surface area contributed by atoms with E-state index >= 15 is 0 Å². The molecule has 2 heteroatoms. The fourth-order valence-corrected chi connectivity index (χ4v) is 3.07. The Morgan fingerprint density at radius 1 is 1.00 bits per heavy atom. The molecule has 0 amide bonds. The minimum Gasteiger partial charge on any atom is -0.392 e. The first-order chi connectivity index (χ1) is 11.2. The van der Waals surface area contributed by atoms with Crippen LogP contribution >= 0.6 is 0 Å². The van der Waals surface area contributed by atoms with Crippen LogP contribution in [-0.4, -0.2) is 30.6 Å². The predicted molar refractivity (Wildman–Crippen MR) is 96.3 cm³/mol. The van der Waals surface area contributed by atoms with Crippen molar-refractivity contribution < 1.29 is 5.11 Å². The molecule has 1 aliphatic carbocycles. The van der Waals surface area contributed by atoms with Crippen molar-refractivity contribution >= 4 is 0 Å². The number of hydrogen-bond acceptors (Lipinski definition) is 2. The van der Waals surface area contributed by atoms with E-state index < -0.39 is 0 Å². The lowest BCUT2D eigenvalue weighted by molar-refractivity contribution is 0.282. The predicted octanol–water partition coefficient (Wildman–Crippen LogP) is 3.99. The summed E-state index contributed by atoms with van der Waals surface area (Å²) in [6, 6.07) is 16.7. The van der Waals surface area contributed by atoms with Crippen molar-refractivity contribution in [2.24, 2.45) is 0 Å². The average molecular weight is 305 g/mol. The Morgan fingerprint density at radius 2 is 1.74 bits per heavy atom. The third-order valence-electron chi connectivity index (χ3n) is 4.18. The average Bonchev–Trinajstić information content (AvgIpc) is 3.02. The Bertz CT molecular complexity index is 726. The second-order valence-electron chi connectivity index (χ2n) is 6.31. The molecule has 1 atom stereocenters. The maximum Gasteiger partial charge on any atom is 0.0681 e. The van der Waals surface area contributed by atoms with E-state index in [9.17, 15) is 5.11 Å². The van der Waals surface area contributed by atoms with Crippen molar-refractivity contribution in [3.8, 4) is 11.1 Å². The van der Waals surface area contributed by atoms with Crippen molar-refractivity contribution in [3.05, 3.63) is 83.5 Å². The molecule has 0 aromatic heterocycles. The summed E-state index contributed by atoms with van der Waals surface area (Å²) in [7, 11) is 4.19. The Labute approximate surface area is 138 Å². The summed E-state index contributed by atoms with van der Waals surface area (Å²) in [5.41, 5.74) is 6.09. The molecule has 0 bridgehead atoms. The Balaban J connectivity index is 1.92. The molecule has 0 saturated heterocycles. The van der Waals surface area contributed by atoms with Gasteiger partial charge >= 0.3 is 0 Å². The Hall–Kier alpha value is -2.16. The quantitative estimate of drug-likeness (QED) is 0.903. The number of aliphatic hydroxyl groups excluding tert-OH is 1. The zero-order chi connectivity index (χ0) is 16.2. The molecule has 1 N–H and O–H groups in total. The molecule has 0 radical (unpaired) electrons. The van der Waals surface area contributed by atoms with Crippen LogP contribution in [0.1, 0.15) is 17.0 Å². The van der Waals surface area contributed by atoms with E-state index in [1.54, 1.807) is 0 Å². The number of likely N-dealkylation sites (N-methyl/N-ethyl adjacent to an activating group) is 1. The summed E-state index contributed by atoms with van der Waals surface area (Å²) >= 11 is 0. The fourth-order valence-electron chi connectivity index (χ4n) is 3.07. The number of benzene rings is 2. The molecule has 2 aromatic rings. The summed E-state index contributed by atoms with van der Waals surface area (Å²) in [6.07, 6.45) is 6.86. The van der Waals surface area contributed by atoms with Crippen molar-refractivity contribution in [1.82, 2.24) is 4.90 Å². The number of aliphatic hydroxyl groups is 1. The molecule has 0 fully saturated rings. The van der Waals surface area contributed by atoms with Gasteiger partial charge in [-0.25, -0.2) is 0 Å². The van der Waals surface area contributed by atoms with Gasteiger partial charge in [-0.3, -0.25) is 0 Å². The highest BCUT2D eigenvalue weighted by atomic mass is 16.3. The molecule has 2 aromatic carbocycles. The Morgan fingerprint density at radius 3 is 2.43 bits per heavy atom. The van der Waals surface area contributed by atoms with Gasteiger partial charge in [-0.15, -0.1) is 0 Å². The number of rotatable bonds is 5. The van der Waals surface area contributed by atoms with Gasteiger partial charge in [-0.2, -0.15) is 0 Å². The first kappa shape index (κ1) is 15.7. The maximum absolute atomic E-state index is 9.21. The van der Waals surface area contributed by atoms with Crippen LogP contribution < -0.4 is 0 Å². The van der Waals surface area contributed by atoms with Gasteiger partial charge in [0.15, 0.2) is 0 Å². The maximum atomic E-state index is 9.21. The van der Waals surface area contributed by atoms with E-state index in [1.165, 1.54) is 22.3 Å². The topological polar surface area (TPSA) is 23.5 Å². The van der Waals surface area contributed by atoms with Crippen molar-refractivity contribution in [1.29, 1.82) is 0 Å². The van der Waals surface area contributed by atoms with E-state index in [1.807, 2.05) is 12.1 Å². The molecule has 3 rings (SSSR count). The van der Waals surface area contributed by atoms with E-state index in [2.05, 4.69) is 73.6 Å². The second kappa shape index (κ2) is 6.95. The van der Waals surface area contributed by atoms with Crippen LogP contribution in [0.15, 0.2) is 72.3 Å². The Kier molecular flexibility index (Phi) is 4.75. The van der Waals surface area contributed by atoms with Gasteiger partial charge in [0.2, 0.25) is 0 Å². The van der Waals surface area contributed by atoms with Crippen molar-refractivity contribution in [3.63, 3.8) is 0 Å². The molecule has 118 valence electrons. The second-order valence-corrected chi connectivity index (χ2v) is 6.31. The molecule has 23 heavy (non-hydrogen) atoms. The van der Waals surface area contributed by atoms with Gasteiger partial charge in [0.25, 0.3) is 0 Å². The van der Waals surface area contributed by atoms with Gasteiger partial charge in [0.05, 0.1) is 6.61 Å². The lowest BCUT2D eigenvalue weighted by atomic mass is 9.91. The van der Waals surface area contributed by atoms with Crippen LogP contribution in [0.25, 0.3) is 11.1 Å². The van der Waals surface area contributed by atoms with Gasteiger partial charge < -0.3 is 10.0 Å². The summed E-state index contributed by atoms with van der Waals surface area (Å²) in [4.78, 5) is 2.19. The zero-order valence-electron chi connectivity index (χ0n) is 13.7. The lowest BCUT2D eigenvalue weighted by Crippen LogP contribution is -2.13. The highest BCUT2D eigenvalue weighted by molar-refractivity contribution is 5.69. The normalized spacial score (nSPS) is 16.9. The van der Waals surface area contributed by atoms with E-state index in [0.29, 0.717) is 5.92 Å². The lowest BCUT2D eigenvalue weighted by Gasteiger charge is -2.14. The fraction of sp³-hybridized carbons (Fsp3) is 0.238. The monoisotopic (exact) mass is 305 g/mol. The van der Waals surface area contributed by atoms with Gasteiger partial charge in [-0.05, 0) is 41.9 Å². The number of allylic oxidation sites excluding steroid dienone is 2. The molecular formula is C21H23NO. The highest BCUT2D eigenvalue weighted by Crippen LogP contribution is 2.34. The van der Waals surface area contributed by atoms with Crippen molar-refractivity contribution in [2.45, 2.75) is 12.5 Å². The van der Waals surface area contributed by atoms with Crippen LogP contribution in [0.4, 0.5) is 0 Å². The standard InChI is InChI=1S/C21H23NO/c1-22(2)14-17-9-12-19(13-17)21-6-4-3-5-20(21)18-10-7-16(15-23)8-11-18/h3-13,19,23H,14-15H2,1-2H3. The SMILES string of the molecule is CN(C)CC1=CC(c2ccccc2-c2ccc(CO)cc2)C=C1. The van der Waals surface area contributed by atoms with Crippen LogP contribution in [0, 0.1) is 0 Å². The van der Waals surface area contributed by atoms with E-state index in [0.717, 1.165) is 12.1 Å². The first-order valence-corrected chi connectivity index (χ1v) is 8.00. The highest BCUT2D eigenvalue weighted by Gasteiger charge is 2.16. The minimum absolute atomic E-state index is 0.0872. The van der Waals surface area contributed by atoms with E-state index in [-0.39, 0.29) is 6.61 Å². The molecule has 0 aliphatic heterocycles. The number of nitrogens with zero attached hydrogens (tertiary/aromatic N) is 1. The van der Waals surface area contributed by atoms with Crippen LogP contribution in [-0.2, 0) is 6.61 Å². The molecule has 2 nitrogen and oxygen atoms in total. The van der Waals surface area contributed by atoms with Gasteiger partial charge in [-0.1, -0.05) is 66.8 Å². The largest absolute Gasteiger partial charge is 0.392 e. The summed E-state index contributed by atoms with van der Waals surface area (Å²) in [6.45, 7) is 1.06. The molecular weight excluding hydrogens is 282 g/mol. The molecule has 0 heterocycles. The summed E-state index contributed by atoms with van der Waals surface area (Å²) < 4.78 is 0.